The Labute approximate surface area is 137 Å². The first-order chi connectivity index (χ1) is 10.7. The molecule has 2 fully saturated rings. The van der Waals surface area contributed by atoms with E-state index >= 15 is 0 Å². The molecular formula is C16H18N2O2S2. The Bertz CT molecular complexity index is 694. The molecule has 3 unspecified atom stereocenters. The van der Waals surface area contributed by atoms with Gasteiger partial charge in [0.05, 0.1) is 9.09 Å². The molecule has 0 aromatic carbocycles. The highest BCUT2D eigenvalue weighted by molar-refractivity contribution is 8.01. The number of fused-ring (bicyclic) bond motifs is 2. The van der Waals surface area contributed by atoms with Crippen molar-refractivity contribution in [1.82, 2.24) is 10.6 Å². The molecular weight excluding hydrogens is 316 g/mol. The van der Waals surface area contributed by atoms with Gasteiger partial charge in [-0.3, -0.25) is 4.79 Å². The maximum absolute atomic E-state index is 12.4. The third-order valence-corrected chi connectivity index (χ3v) is 6.48. The minimum Gasteiger partial charge on any atom is -0.455 e. The molecule has 0 aliphatic carbocycles. The van der Waals surface area contributed by atoms with Crippen LogP contribution in [0.3, 0.4) is 0 Å². The molecule has 116 valence electrons. The number of carbonyl (C=O) groups is 1. The Balaban J connectivity index is 1.39. The summed E-state index contributed by atoms with van der Waals surface area (Å²) in [6, 6.07) is 9.16. The molecule has 4 nitrogen and oxygen atoms in total. The Kier molecular flexibility index (Phi) is 3.76. The lowest BCUT2D eigenvalue weighted by atomic mass is 9.95. The zero-order valence-corrected chi connectivity index (χ0v) is 13.9. The van der Waals surface area contributed by atoms with Crippen LogP contribution in [0.15, 0.2) is 38.0 Å². The van der Waals surface area contributed by atoms with Crippen LogP contribution in [0.5, 0.6) is 0 Å². The largest absolute Gasteiger partial charge is 0.455 e. The van der Waals surface area contributed by atoms with Gasteiger partial charge >= 0.3 is 0 Å². The number of carbonyl (C=O) groups excluding carboxylic acids is 1. The quantitative estimate of drug-likeness (QED) is 0.899. The minimum absolute atomic E-state index is 0.0480. The number of furan rings is 1. The highest BCUT2D eigenvalue weighted by atomic mass is 32.2. The van der Waals surface area contributed by atoms with E-state index in [1.54, 1.807) is 11.8 Å². The van der Waals surface area contributed by atoms with Crippen molar-refractivity contribution in [2.75, 3.05) is 0 Å². The van der Waals surface area contributed by atoms with Crippen LogP contribution in [0.4, 0.5) is 0 Å². The molecule has 2 saturated heterocycles. The summed E-state index contributed by atoms with van der Waals surface area (Å²) in [7, 11) is 0. The van der Waals surface area contributed by atoms with Crippen molar-refractivity contribution in [2.24, 2.45) is 0 Å². The number of nitrogens with one attached hydrogen (secondary N) is 2. The Morgan fingerprint density at radius 1 is 1.36 bits per heavy atom. The van der Waals surface area contributed by atoms with Gasteiger partial charge in [0.15, 0.2) is 5.09 Å². The van der Waals surface area contributed by atoms with Crippen LogP contribution in [0, 0.1) is 6.92 Å². The van der Waals surface area contributed by atoms with Gasteiger partial charge in [-0.15, -0.1) is 11.3 Å². The molecule has 0 saturated carbocycles. The molecule has 0 radical (unpaired) electrons. The van der Waals surface area contributed by atoms with E-state index in [2.05, 4.69) is 10.6 Å². The van der Waals surface area contributed by atoms with Crippen molar-refractivity contribution in [3.8, 4) is 0 Å². The first-order valence-electron chi connectivity index (χ1n) is 7.58. The van der Waals surface area contributed by atoms with Crippen LogP contribution in [0.1, 0.15) is 34.7 Å². The van der Waals surface area contributed by atoms with E-state index in [0.29, 0.717) is 12.1 Å². The van der Waals surface area contributed by atoms with Gasteiger partial charge in [-0.25, -0.2) is 0 Å². The molecule has 1 amide bonds. The molecule has 2 aliphatic rings. The monoisotopic (exact) mass is 334 g/mol. The molecule has 6 heteroatoms. The molecule has 3 atom stereocenters. The Morgan fingerprint density at radius 2 is 2.27 bits per heavy atom. The zero-order valence-electron chi connectivity index (χ0n) is 12.3. The minimum atomic E-state index is 0.0480. The van der Waals surface area contributed by atoms with Crippen molar-refractivity contribution in [2.45, 2.75) is 53.6 Å². The summed E-state index contributed by atoms with van der Waals surface area (Å²) in [6.07, 6.45) is 3.49. The van der Waals surface area contributed by atoms with E-state index in [1.807, 2.05) is 31.2 Å². The lowest BCUT2D eigenvalue weighted by molar-refractivity contribution is 0.0935. The third kappa shape index (κ3) is 2.83. The second kappa shape index (κ2) is 5.76. The van der Waals surface area contributed by atoms with Crippen molar-refractivity contribution < 1.29 is 9.21 Å². The second-order valence-electron chi connectivity index (χ2n) is 5.95. The molecule has 2 aliphatic heterocycles. The Hall–Kier alpha value is -1.24. The summed E-state index contributed by atoms with van der Waals surface area (Å²) >= 11 is 3.08. The number of aryl methyl sites for hydroxylation is 1. The van der Waals surface area contributed by atoms with E-state index in [-0.39, 0.29) is 11.9 Å². The van der Waals surface area contributed by atoms with Gasteiger partial charge in [-0.05, 0) is 62.2 Å². The number of amides is 1. The smallest absolute Gasteiger partial charge is 0.261 e. The summed E-state index contributed by atoms with van der Waals surface area (Å²) in [5, 5.41) is 7.60. The highest BCUT2D eigenvalue weighted by Crippen LogP contribution is 2.35. The van der Waals surface area contributed by atoms with Crippen molar-refractivity contribution in [3.05, 3.63) is 34.9 Å². The van der Waals surface area contributed by atoms with Gasteiger partial charge < -0.3 is 15.1 Å². The molecule has 2 bridgehead atoms. The van der Waals surface area contributed by atoms with Crippen molar-refractivity contribution in [3.63, 3.8) is 0 Å². The van der Waals surface area contributed by atoms with Crippen LogP contribution in [-0.4, -0.2) is 24.0 Å². The van der Waals surface area contributed by atoms with E-state index < -0.39 is 0 Å². The zero-order chi connectivity index (χ0) is 15.1. The van der Waals surface area contributed by atoms with Crippen LogP contribution in [0.25, 0.3) is 0 Å². The summed E-state index contributed by atoms with van der Waals surface area (Å²) < 4.78 is 6.63. The number of hydrogen-bond acceptors (Lipinski definition) is 5. The fourth-order valence-electron chi connectivity index (χ4n) is 3.29. The van der Waals surface area contributed by atoms with Crippen LogP contribution < -0.4 is 10.6 Å². The summed E-state index contributed by atoms with van der Waals surface area (Å²) in [6.45, 7) is 1.93. The Morgan fingerprint density at radius 3 is 2.95 bits per heavy atom. The van der Waals surface area contributed by atoms with Crippen molar-refractivity contribution in [1.29, 1.82) is 0 Å². The van der Waals surface area contributed by atoms with Crippen LogP contribution in [0.2, 0.25) is 0 Å². The molecule has 0 spiro atoms. The average Bonchev–Trinajstić information content (AvgIpc) is 3.24. The SMILES string of the molecule is Cc1ccc(Sc2ccc(C(=O)NC3CC4CCC3N4)s2)o1. The number of thiophene rings is 1. The summed E-state index contributed by atoms with van der Waals surface area (Å²) in [4.78, 5) is 13.2. The predicted octanol–water partition coefficient (Wildman–Crippen LogP) is 3.42. The van der Waals surface area contributed by atoms with Gasteiger partial charge in [0.1, 0.15) is 5.76 Å². The van der Waals surface area contributed by atoms with Gasteiger partial charge in [0.2, 0.25) is 0 Å². The maximum Gasteiger partial charge on any atom is 0.261 e. The molecule has 4 heterocycles. The van der Waals surface area contributed by atoms with Crippen LogP contribution >= 0.6 is 23.1 Å². The average molecular weight is 334 g/mol. The first-order valence-corrected chi connectivity index (χ1v) is 9.22. The van der Waals surface area contributed by atoms with E-state index in [4.69, 9.17) is 4.42 Å². The summed E-state index contributed by atoms with van der Waals surface area (Å²) in [5.74, 6) is 0.952. The first kappa shape index (κ1) is 14.4. The third-order valence-electron chi connectivity index (χ3n) is 4.34. The van der Waals surface area contributed by atoms with E-state index in [1.165, 1.54) is 24.2 Å². The number of hydrogen-bond donors (Lipinski definition) is 2. The lowest BCUT2D eigenvalue weighted by Crippen LogP contribution is -2.42. The fraction of sp³-hybridized carbons (Fsp3) is 0.438. The number of rotatable bonds is 4. The summed E-state index contributed by atoms with van der Waals surface area (Å²) in [5.41, 5.74) is 0. The molecule has 4 rings (SSSR count). The standard InChI is InChI=1S/C16H18N2O2S2/c1-9-2-6-14(20-9)22-15-7-5-13(21-15)16(19)18-12-8-10-3-4-11(12)17-10/h2,5-7,10-12,17H,3-4,8H2,1H3,(H,18,19). The van der Waals surface area contributed by atoms with Gasteiger partial charge in [0.25, 0.3) is 5.91 Å². The fourth-order valence-corrected chi connectivity index (χ4v) is 5.25. The maximum atomic E-state index is 12.4. The molecule has 2 aromatic rings. The van der Waals surface area contributed by atoms with Gasteiger partial charge in [-0.2, -0.15) is 0 Å². The topological polar surface area (TPSA) is 54.3 Å². The van der Waals surface area contributed by atoms with Gasteiger partial charge in [-0.1, -0.05) is 0 Å². The van der Waals surface area contributed by atoms with E-state index in [0.717, 1.165) is 26.4 Å². The molecule has 2 aromatic heterocycles. The molecule has 22 heavy (non-hydrogen) atoms. The molecule has 2 N–H and O–H groups in total. The lowest BCUT2D eigenvalue weighted by Gasteiger charge is -2.20. The van der Waals surface area contributed by atoms with Crippen LogP contribution in [-0.2, 0) is 0 Å². The van der Waals surface area contributed by atoms with Crippen molar-refractivity contribution >= 4 is 29.0 Å². The normalized spacial score (nSPS) is 26.5. The predicted molar refractivity (Wildman–Crippen MR) is 87.7 cm³/mol. The van der Waals surface area contributed by atoms with E-state index in [9.17, 15) is 4.79 Å². The second-order valence-corrected chi connectivity index (χ2v) is 8.34. The highest BCUT2D eigenvalue weighted by Gasteiger charge is 2.39. The van der Waals surface area contributed by atoms with Gasteiger partial charge in [0, 0.05) is 18.1 Å².